The molecule has 0 aromatic heterocycles. The van der Waals surface area contributed by atoms with E-state index in [9.17, 15) is 0 Å². The smallest absolute Gasteiger partial charge is 0.137 e. The lowest BCUT2D eigenvalue weighted by Gasteiger charge is -2.29. The molecule has 0 amide bonds. The van der Waals surface area contributed by atoms with Crippen LogP contribution in [0.5, 0.6) is 17.2 Å². The van der Waals surface area contributed by atoms with Crippen molar-refractivity contribution in [1.29, 1.82) is 0 Å². The number of hydrazine groups is 1. The predicted octanol–water partition coefficient (Wildman–Crippen LogP) is 4.47. The second-order valence-electron chi connectivity index (χ2n) is 5.74. The molecular formula is C20H21ClN2O3. The maximum Gasteiger partial charge on any atom is 0.137 e. The molecule has 1 heterocycles. The molecule has 0 saturated heterocycles. The molecule has 26 heavy (non-hydrogen) atoms. The van der Waals surface area contributed by atoms with E-state index < -0.39 is 0 Å². The number of allylic oxidation sites excluding steroid dienone is 2. The highest BCUT2D eigenvalue weighted by Crippen LogP contribution is 2.42. The number of benzene rings is 2. The minimum Gasteiger partial charge on any atom is -0.496 e. The standard InChI is InChI=1S/C20H21ClN2O3/c1-13-5-7-14(8-6-13)23-20(21)16(9-10-22-23)19-17(25-3)11-15(24-2)12-18(19)26-4/h5-12,22H,1-4H3. The van der Waals surface area contributed by atoms with Crippen molar-refractivity contribution in [3.05, 3.63) is 65.0 Å². The number of aryl methyl sites for hydroxylation is 1. The fraction of sp³-hybridized carbons (Fsp3) is 0.200. The van der Waals surface area contributed by atoms with Crippen molar-refractivity contribution in [1.82, 2.24) is 5.43 Å². The summed E-state index contributed by atoms with van der Waals surface area (Å²) in [6, 6.07) is 11.7. The largest absolute Gasteiger partial charge is 0.496 e. The summed E-state index contributed by atoms with van der Waals surface area (Å²) in [4.78, 5) is 0. The van der Waals surface area contributed by atoms with Crippen molar-refractivity contribution < 1.29 is 14.2 Å². The number of hydrogen-bond acceptors (Lipinski definition) is 5. The molecule has 0 saturated carbocycles. The van der Waals surface area contributed by atoms with Gasteiger partial charge < -0.3 is 19.6 Å². The van der Waals surface area contributed by atoms with Gasteiger partial charge in [0.05, 0.1) is 32.6 Å². The summed E-state index contributed by atoms with van der Waals surface area (Å²) in [6.45, 7) is 2.04. The van der Waals surface area contributed by atoms with E-state index in [0.717, 1.165) is 16.8 Å². The van der Waals surface area contributed by atoms with Crippen molar-refractivity contribution in [3.8, 4) is 17.2 Å². The summed E-state index contributed by atoms with van der Waals surface area (Å²) in [5.74, 6) is 1.88. The van der Waals surface area contributed by atoms with Gasteiger partial charge in [-0.25, -0.2) is 5.01 Å². The number of nitrogens with one attached hydrogen (secondary N) is 1. The first-order valence-electron chi connectivity index (χ1n) is 8.08. The van der Waals surface area contributed by atoms with Crippen LogP contribution in [0, 0.1) is 6.92 Å². The Labute approximate surface area is 158 Å². The third kappa shape index (κ3) is 3.30. The number of rotatable bonds is 5. The van der Waals surface area contributed by atoms with Crippen LogP contribution >= 0.6 is 11.6 Å². The van der Waals surface area contributed by atoms with Crippen LogP contribution in [-0.4, -0.2) is 21.3 Å². The van der Waals surface area contributed by atoms with Gasteiger partial charge in [0, 0.05) is 23.9 Å². The summed E-state index contributed by atoms with van der Waals surface area (Å²) in [5.41, 5.74) is 6.80. The first-order chi connectivity index (χ1) is 12.6. The van der Waals surface area contributed by atoms with E-state index in [1.54, 1.807) is 38.5 Å². The highest BCUT2D eigenvalue weighted by Gasteiger charge is 2.24. The highest BCUT2D eigenvalue weighted by molar-refractivity contribution is 6.35. The molecule has 0 unspecified atom stereocenters. The number of nitrogens with zero attached hydrogens (tertiary/aromatic N) is 1. The highest BCUT2D eigenvalue weighted by atomic mass is 35.5. The Bertz CT molecular complexity index is 835. The number of halogens is 1. The third-order valence-corrected chi connectivity index (χ3v) is 4.52. The average Bonchev–Trinajstić information content (AvgIpc) is 2.68. The summed E-state index contributed by atoms with van der Waals surface area (Å²) < 4.78 is 16.4. The second kappa shape index (κ2) is 7.62. The van der Waals surface area contributed by atoms with E-state index in [0.29, 0.717) is 22.4 Å². The third-order valence-electron chi connectivity index (χ3n) is 4.15. The summed E-state index contributed by atoms with van der Waals surface area (Å²) >= 11 is 6.74. The molecule has 1 aliphatic rings. The van der Waals surface area contributed by atoms with Gasteiger partial charge in [-0.3, -0.25) is 0 Å². The molecule has 0 radical (unpaired) electrons. The Balaban J connectivity index is 2.14. The Morgan fingerprint density at radius 1 is 0.923 bits per heavy atom. The van der Waals surface area contributed by atoms with Gasteiger partial charge in [0.15, 0.2) is 0 Å². The van der Waals surface area contributed by atoms with Crippen LogP contribution in [0.15, 0.2) is 53.8 Å². The van der Waals surface area contributed by atoms with E-state index in [2.05, 4.69) is 5.43 Å². The van der Waals surface area contributed by atoms with Gasteiger partial charge in [-0.15, -0.1) is 0 Å². The quantitative estimate of drug-likeness (QED) is 0.784. The van der Waals surface area contributed by atoms with Crippen LogP contribution in [0.4, 0.5) is 5.69 Å². The van der Waals surface area contributed by atoms with Crippen molar-refractivity contribution in [3.63, 3.8) is 0 Å². The van der Waals surface area contributed by atoms with Gasteiger partial charge in [-0.05, 0) is 25.1 Å². The number of methoxy groups -OCH3 is 3. The topological polar surface area (TPSA) is 43.0 Å². The molecule has 5 nitrogen and oxygen atoms in total. The van der Waals surface area contributed by atoms with Crippen LogP contribution in [0.1, 0.15) is 11.1 Å². The SMILES string of the molecule is COc1cc(OC)c(C2=C(Cl)N(c3ccc(C)cc3)NC=C2)c(OC)c1. The molecule has 136 valence electrons. The van der Waals surface area contributed by atoms with E-state index >= 15 is 0 Å². The van der Waals surface area contributed by atoms with Crippen molar-refractivity contribution in [2.75, 3.05) is 26.3 Å². The van der Waals surface area contributed by atoms with E-state index in [1.165, 1.54) is 5.56 Å². The molecule has 2 aromatic carbocycles. The van der Waals surface area contributed by atoms with Gasteiger partial charge >= 0.3 is 0 Å². The second-order valence-corrected chi connectivity index (χ2v) is 6.10. The first kappa shape index (κ1) is 18.0. The molecule has 0 spiro atoms. The molecule has 0 atom stereocenters. The Morgan fingerprint density at radius 2 is 1.54 bits per heavy atom. The summed E-state index contributed by atoms with van der Waals surface area (Å²) in [7, 11) is 4.81. The maximum atomic E-state index is 6.74. The molecule has 6 heteroatoms. The zero-order valence-corrected chi connectivity index (χ0v) is 15.9. The lowest BCUT2D eigenvalue weighted by molar-refractivity contribution is 0.374. The predicted molar refractivity (Wildman–Crippen MR) is 105 cm³/mol. The van der Waals surface area contributed by atoms with Crippen LogP contribution in [-0.2, 0) is 0 Å². The Kier molecular flexibility index (Phi) is 5.28. The normalized spacial score (nSPS) is 13.5. The number of anilines is 1. The monoisotopic (exact) mass is 372 g/mol. The summed E-state index contributed by atoms with van der Waals surface area (Å²) in [5, 5.41) is 2.32. The van der Waals surface area contributed by atoms with Crippen molar-refractivity contribution in [2.45, 2.75) is 6.92 Å². The number of ether oxygens (including phenoxy) is 3. The van der Waals surface area contributed by atoms with Gasteiger partial charge in [0.2, 0.25) is 0 Å². The van der Waals surface area contributed by atoms with E-state index in [1.807, 2.05) is 43.5 Å². The zero-order chi connectivity index (χ0) is 18.7. The molecular weight excluding hydrogens is 352 g/mol. The Hall–Kier alpha value is -2.79. The summed E-state index contributed by atoms with van der Waals surface area (Å²) in [6.07, 6.45) is 3.71. The molecule has 0 aliphatic carbocycles. The van der Waals surface area contributed by atoms with Gasteiger partial charge in [-0.2, -0.15) is 0 Å². The zero-order valence-electron chi connectivity index (χ0n) is 15.2. The minimum absolute atomic E-state index is 0.512. The Morgan fingerprint density at radius 3 is 2.08 bits per heavy atom. The molecule has 1 aliphatic heterocycles. The van der Waals surface area contributed by atoms with Crippen LogP contribution in [0.3, 0.4) is 0 Å². The minimum atomic E-state index is 0.512. The molecule has 0 bridgehead atoms. The van der Waals surface area contributed by atoms with Gasteiger partial charge in [-0.1, -0.05) is 29.3 Å². The molecule has 2 aromatic rings. The van der Waals surface area contributed by atoms with E-state index in [-0.39, 0.29) is 0 Å². The van der Waals surface area contributed by atoms with Crippen LogP contribution < -0.4 is 24.6 Å². The van der Waals surface area contributed by atoms with Crippen molar-refractivity contribution in [2.24, 2.45) is 0 Å². The maximum absolute atomic E-state index is 6.74. The van der Waals surface area contributed by atoms with Crippen LogP contribution in [0.25, 0.3) is 5.57 Å². The lowest BCUT2D eigenvalue weighted by Crippen LogP contribution is -2.34. The fourth-order valence-electron chi connectivity index (χ4n) is 2.78. The average molecular weight is 373 g/mol. The van der Waals surface area contributed by atoms with Gasteiger partial charge in [0.1, 0.15) is 22.4 Å². The van der Waals surface area contributed by atoms with Crippen LogP contribution in [0.2, 0.25) is 0 Å². The molecule has 1 N–H and O–H groups in total. The first-order valence-corrected chi connectivity index (χ1v) is 8.46. The number of hydrogen-bond donors (Lipinski definition) is 1. The molecule has 3 rings (SSSR count). The van der Waals surface area contributed by atoms with E-state index in [4.69, 9.17) is 25.8 Å². The fourth-order valence-corrected chi connectivity index (χ4v) is 3.08. The lowest BCUT2D eigenvalue weighted by atomic mass is 10.0. The van der Waals surface area contributed by atoms with Crippen molar-refractivity contribution >= 4 is 22.9 Å². The van der Waals surface area contributed by atoms with Gasteiger partial charge in [0.25, 0.3) is 0 Å². The molecule has 0 fully saturated rings.